The Hall–Kier alpha value is -0.450. The summed E-state index contributed by atoms with van der Waals surface area (Å²) in [4.78, 5) is 0. The Labute approximate surface area is 121 Å². The van der Waals surface area contributed by atoms with Gasteiger partial charge in [-0.2, -0.15) is 0 Å². The molecule has 1 N–H and O–H groups in total. The van der Waals surface area contributed by atoms with Gasteiger partial charge in [-0.15, -0.1) is 0 Å². The van der Waals surface area contributed by atoms with Crippen LogP contribution >= 0.6 is 15.9 Å². The molecular formula is C15H18BrFO2. The van der Waals surface area contributed by atoms with Gasteiger partial charge < -0.3 is 9.84 Å². The maximum Gasteiger partial charge on any atom is 0.123 e. The van der Waals surface area contributed by atoms with Crippen LogP contribution in [0.15, 0.2) is 22.7 Å². The largest absolute Gasteiger partial charge is 0.388 e. The minimum atomic E-state index is -0.619. The van der Waals surface area contributed by atoms with Crippen LogP contribution in [0.1, 0.15) is 43.8 Å². The van der Waals surface area contributed by atoms with Crippen LogP contribution in [-0.4, -0.2) is 17.3 Å². The van der Waals surface area contributed by atoms with Gasteiger partial charge in [0.15, 0.2) is 0 Å². The van der Waals surface area contributed by atoms with E-state index < -0.39 is 6.10 Å². The average Bonchev–Trinajstić information content (AvgIpc) is 2.39. The minimum Gasteiger partial charge on any atom is -0.388 e. The normalized spacial score (nSPS) is 27.0. The SMILES string of the molecule is OC(c1cc(F)ccc1Br)C1CCOC2(CCC2)C1. The maximum absolute atomic E-state index is 13.3. The molecule has 1 aliphatic heterocycles. The molecule has 2 fully saturated rings. The zero-order valence-corrected chi connectivity index (χ0v) is 12.3. The van der Waals surface area contributed by atoms with Crippen molar-refractivity contribution in [2.45, 2.75) is 43.8 Å². The molecule has 4 heteroatoms. The van der Waals surface area contributed by atoms with E-state index in [4.69, 9.17) is 4.74 Å². The summed E-state index contributed by atoms with van der Waals surface area (Å²) in [5.41, 5.74) is 0.658. The molecular weight excluding hydrogens is 311 g/mol. The summed E-state index contributed by atoms with van der Waals surface area (Å²) in [6, 6.07) is 4.49. The number of hydrogen-bond donors (Lipinski definition) is 1. The standard InChI is InChI=1S/C15H18BrFO2/c16-13-3-2-11(17)8-12(13)14(18)10-4-7-19-15(9-10)5-1-6-15/h2-3,8,10,14,18H,1,4-7,9H2. The number of rotatable bonds is 2. The molecule has 1 saturated carbocycles. The number of benzene rings is 1. The van der Waals surface area contributed by atoms with Gasteiger partial charge in [-0.3, -0.25) is 0 Å². The molecule has 1 spiro atoms. The van der Waals surface area contributed by atoms with E-state index in [1.807, 2.05) is 0 Å². The Morgan fingerprint density at radius 2 is 2.21 bits per heavy atom. The van der Waals surface area contributed by atoms with Gasteiger partial charge in [0.25, 0.3) is 0 Å². The number of hydrogen-bond acceptors (Lipinski definition) is 2. The van der Waals surface area contributed by atoms with Gasteiger partial charge in [0.2, 0.25) is 0 Å². The van der Waals surface area contributed by atoms with E-state index in [2.05, 4.69) is 15.9 Å². The summed E-state index contributed by atoms with van der Waals surface area (Å²) in [5.74, 6) is -0.144. The molecule has 0 bridgehead atoms. The molecule has 2 unspecified atom stereocenters. The highest BCUT2D eigenvalue weighted by Gasteiger charge is 2.44. The van der Waals surface area contributed by atoms with Gasteiger partial charge in [0.05, 0.1) is 11.7 Å². The minimum absolute atomic E-state index is 0.00367. The summed E-state index contributed by atoms with van der Waals surface area (Å²) in [7, 11) is 0. The Kier molecular flexibility index (Phi) is 3.67. The first-order chi connectivity index (χ1) is 9.10. The lowest BCUT2D eigenvalue weighted by Gasteiger charge is -2.48. The summed E-state index contributed by atoms with van der Waals surface area (Å²) in [6.45, 7) is 0.703. The molecule has 19 heavy (non-hydrogen) atoms. The second-order valence-corrected chi connectivity index (χ2v) is 6.60. The Bertz CT molecular complexity index is 473. The van der Waals surface area contributed by atoms with Crippen LogP contribution < -0.4 is 0 Å². The molecule has 3 rings (SSSR count). The van der Waals surface area contributed by atoms with Crippen LogP contribution in [0.2, 0.25) is 0 Å². The summed E-state index contributed by atoms with van der Waals surface area (Å²) in [6.07, 6.45) is 4.52. The van der Waals surface area contributed by atoms with E-state index >= 15 is 0 Å². The third-order valence-electron chi connectivity index (χ3n) is 4.52. The number of halogens is 2. The average molecular weight is 329 g/mol. The molecule has 0 amide bonds. The Morgan fingerprint density at radius 3 is 2.89 bits per heavy atom. The number of ether oxygens (including phenoxy) is 1. The van der Waals surface area contributed by atoms with Gasteiger partial charge in [-0.05, 0) is 61.8 Å². The van der Waals surface area contributed by atoms with Crippen LogP contribution in [-0.2, 0) is 4.74 Å². The first kappa shape index (κ1) is 13.5. The first-order valence-electron chi connectivity index (χ1n) is 6.87. The van der Waals surface area contributed by atoms with Crippen molar-refractivity contribution < 1.29 is 14.2 Å². The van der Waals surface area contributed by atoms with E-state index in [0.717, 1.165) is 30.2 Å². The number of aliphatic hydroxyl groups is 1. The van der Waals surface area contributed by atoms with E-state index in [9.17, 15) is 9.50 Å². The Balaban J connectivity index is 1.79. The van der Waals surface area contributed by atoms with Gasteiger partial charge in [-0.1, -0.05) is 15.9 Å². The summed E-state index contributed by atoms with van der Waals surface area (Å²) < 4.78 is 20.0. The molecule has 2 atom stereocenters. The lowest BCUT2D eigenvalue weighted by molar-refractivity contribution is -0.157. The van der Waals surface area contributed by atoms with Gasteiger partial charge in [0.1, 0.15) is 5.82 Å². The lowest BCUT2D eigenvalue weighted by Crippen LogP contribution is -2.46. The molecule has 1 aromatic rings. The predicted octanol–water partition coefficient (Wildman–Crippen LogP) is 3.97. The van der Waals surface area contributed by atoms with Crippen molar-refractivity contribution in [2.75, 3.05) is 6.61 Å². The van der Waals surface area contributed by atoms with Crippen molar-refractivity contribution in [2.24, 2.45) is 5.92 Å². The predicted molar refractivity (Wildman–Crippen MR) is 74.3 cm³/mol. The zero-order chi connectivity index (χ0) is 13.5. The molecule has 1 aromatic carbocycles. The maximum atomic E-state index is 13.3. The third-order valence-corrected chi connectivity index (χ3v) is 5.24. The molecule has 2 aliphatic rings. The van der Waals surface area contributed by atoms with E-state index in [1.165, 1.54) is 18.6 Å². The van der Waals surface area contributed by atoms with Crippen LogP contribution in [0, 0.1) is 11.7 Å². The summed E-state index contributed by atoms with van der Waals surface area (Å²) >= 11 is 3.40. The fourth-order valence-electron chi connectivity index (χ4n) is 3.25. The van der Waals surface area contributed by atoms with Crippen molar-refractivity contribution in [1.29, 1.82) is 0 Å². The molecule has 2 nitrogen and oxygen atoms in total. The molecule has 104 valence electrons. The van der Waals surface area contributed by atoms with Crippen molar-refractivity contribution >= 4 is 15.9 Å². The van der Waals surface area contributed by atoms with Crippen molar-refractivity contribution in [3.05, 3.63) is 34.1 Å². The van der Waals surface area contributed by atoms with Crippen LogP contribution in [0.3, 0.4) is 0 Å². The smallest absolute Gasteiger partial charge is 0.123 e. The van der Waals surface area contributed by atoms with E-state index in [-0.39, 0.29) is 17.3 Å². The zero-order valence-electron chi connectivity index (χ0n) is 10.7. The van der Waals surface area contributed by atoms with E-state index in [0.29, 0.717) is 12.2 Å². The Morgan fingerprint density at radius 1 is 1.42 bits per heavy atom. The lowest BCUT2D eigenvalue weighted by atomic mass is 9.70. The van der Waals surface area contributed by atoms with Crippen molar-refractivity contribution in [3.8, 4) is 0 Å². The van der Waals surface area contributed by atoms with Crippen LogP contribution in [0.4, 0.5) is 4.39 Å². The topological polar surface area (TPSA) is 29.5 Å². The fourth-order valence-corrected chi connectivity index (χ4v) is 3.73. The van der Waals surface area contributed by atoms with Crippen LogP contribution in [0.5, 0.6) is 0 Å². The molecule has 0 radical (unpaired) electrons. The van der Waals surface area contributed by atoms with Gasteiger partial charge in [-0.25, -0.2) is 4.39 Å². The summed E-state index contributed by atoms with van der Waals surface area (Å²) in [5, 5.41) is 10.6. The monoisotopic (exact) mass is 328 g/mol. The molecule has 1 heterocycles. The van der Waals surface area contributed by atoms with Crippen molar-refractivity contribution in [1.82, 2.24) is 0 Å². The van der Waals surface area contributed by atoms with E-state index in [1.54, 1.807) is 6.07 Å². The first-order valence-corrected chi connectivity index (χ1v) is 7.66. The van der Waals surface area contributed by atoms with Crippen molar-refractivity contribution in [3.63, 3.8) is 0 Å². The highest BCUT2D eigenvalue weighted by Crippen LogP contribution is 2.47. The third kappa shape index (κ3) is 2.58. The fraction of sp³-hybridized carbons (Fsp3) is 0.600. The molecule has 0 aromatic heterocycles. The quantitative estimate of drug-likeness (QED) is 0.890. The molecule has 1 saturated heterocycles. The van der Waals surface area contributed by atoms with Gasteiger partial charge in [0, 0.05) is 11.1 Å². The highest BCUT2D eigenvalue weighted by atomic mass is 79.9. The highest BCUT2D eigenvalue weighted by molar-refractivity contribution is 9.10. The second-order valence-electron chi connectivity index (χ2n) is 5.75. The number of aliphatic hydroxyl groups excluding tert-OH is 1. The van der Waals surface area contributed by atoms with Gasteiger partial charge >= 0.3 is 0 Å². The second kappa shape index (κ2) is 5.15. The molecule has 1 aliphatic carbocycles. The van der Waals surface area contributed by atoms with Crippen LogP contribution in [0.25, 0.3) is 0 Å².